The molecule has 154 valence electrons. The summed E-state index contributed by atoms with van der Waals surface area (Å²) in [4.78, 5) is 17.1. The molecule has 0 bridgehead atoms. The predicted octanol–water partition coefficient (Wildman–Crippen LogP) is 3.80. The first kappa shape index (κ1) is 19.9. The van der Waals surface area contributed by atoms with Crippen LogP contribution in [0.1, 0.15) is 39.6 Å². The van der Waals surface area contributed by atoms with Gasteiger partial charge in [-0.05, 0) is 56.2 Å². The molecule has 2 aromatic carbocycles. The maximum atomic E-state index is 12.4. The average Bonchev–Trinajstić information content (AvgIpc) is 3.24. The number of para-hydroxylation sites is 2. The summed E-state index contributed by atoms with van der Waals surface area (Å²) in [7, 11) is 2.04. The number of carbonyl (C=O) groups is 1. The molecule has 30 heavy (non-hydrogen) atoms. The largest absolute Gasteiger partial charge is 0.352 e. The van der Waals surface area contributed by atoms with E-state index in [-0.39, 0.29) is 5.91 Å². The molecule has 4 rings (SSSR count). The van der Waals surface area contributed by atoms with Crippen molar-refractivity contribution in [2.45, 2.75) is 33.2 Å². The molecule has 0 fully saturated rings. The molecular formula is C24H27N5O. The number of hydrogen-bond acceptors (Lipinski definition) is 3. The van der Waals surface area contributed by atoms with Crippen LogP contribution < -0.4 is 5.32 Å². The van der Waals surface area contributed by atoms with Gasteiger partial charge in [-0.3, -0.25) is 9.48 Å². The minimum atomic E-state index is -0.0438. The Hall–Kier alpha value is -3.41. The van der Waals surface area contributed by atoms with Crippen LogP contribution in [0.5, 0.6) is 0 Å². The second-order valence-electron chi connectivity index (χ2n) is 7.72. The van der Waals surface area contributed by atoms with E-state index in [0.29, 0.717) is 18.7 Å². The molecule has 2 aromatic heterocycles. The van der Waals surface area contributed by atoms with Gasteiger partial charge in [0.2, 0.25) is 0 Å². The Bertz CT molecular complexity index is 1170. The molecule has 0 aliphatic rings. The van der Waals surface area contributed by atoms with E-state index in [1.54, 1.807) is 0 Å². The van der Waals surface area contributed by atoms with Crippen molar-refractivity contribution in [1.82, 2.24) is 24.6 Å². The van der Waals surface area contributed by atoms with E-state index in [1.807, 2.05) is 61.1 Å². The number of nitrogens with one attached hydrogen (secondary N) is 1. The monoisotopic (exact) mass is 401 g/mol. The van der Waals surface area contributed by atoms with Crippen LogP contribution in [0.4, 0.5) is 0 Å². The third kappa shape index (κ3) is 4.27. The number of imidazole rings is 1. The summed E-state index contributed by atoms with van der Waals surface area (Å²) in [5.41, 5.74) is 6.10. The fraction of sp³-hybridized carbons (Fsp3) is 0.292. The van der Waals surface area contributed by atoms with Crippen molar-refractivity contribution >= 4 is 16.9 Å². The van der Waals surface area contributed by atoms with Crippen LogP contribution in [0.15, 0.2) is 54.6 Å². The first-order valence-corrected chi connectivity index (χ1v) is 10.3. The van der Waals surface area contributed by atoms with Crippen LogP contribution in [0, 0.1) is 13.8 Å². The van der Waals surface area contributed by atoms with Crippen LogP contribution >= 0.6 is 0 Å². The molecule has 0 unspecified atom stereocenters. The summed E-state index contributed by atoms with van der Waals surface area (Å²) in [6.07, 6.45) is 1.67. The van der Waals surface area contributed by atoms with Gasteiger partial charge in [0.15, 0.2) is 0 Å². The van der Waals surface area contributed by atoms with Crippen LogP contribution in [0.2, 0.25) is 0 Å². The van der Waals surface area contributed by atoms with Gasteiger partial charge in [-0.2, -0.15) is 5.10 Å². The van der Waals surface area contributed by atoms with Gasteiger partial charge in [0.1, 0.15) is 5.82 Å². The van der Waals surface area contributed by atoms with Crippen molar-refractivity contribution in [3.8, 4) is 0 Å². The lowest BCUT2D eigenvalue weighted by atomic mass is 10.1. The van der Waals surface area contributed by atoms with Gasteiger partial charge in [0, 0.05) is 31.3 Å². The van der Waals surface area contributed by atoms with Crippen molar-refractivity contribution < 1.29 is 4.79 Å². The molecule has 0 radical (unpaired) electrons. The van der Waals surface area contributed by atoms with Crippen LogP contribution in [0.3, 0.4) is 0 Å². The Morgan fingerprint density at radius 2 is 1.83 bits per heavy atom. The lowest BCUT2D eigenvalue weighted by Crippen LogP contribution is -2.25. The quantitative estimate of drug-likeness (QED) is 0.479. The molecule has 4 aromatic rings. The third-order valence-electron chi connectivity index (χ3n) is 5.39. The maximum absolute atomic E-state index is 12.4. The number of fused-ring (bicyclic) bond motifs is 1. The number of nitrogens with zero attached hydrogens (tertiary/aromatic N) is 4. The maximum Gasteiger partial charge on any atom is 0.251 e. The second kappa shape index (κ2) is 8.53. The summed E-state index contributed by atoms with van der Waals surface area (Å²) in [5.74, 6) is 0.997. The molecule has 0 atom stereocenters. The van der Waals surface area contributed by atoms with Crippen LogP contribution in [-0.2, 0) is 20.0 Å². The van der Waals surface area contributed by atoms with E-state index >= 15 is 0 Å². The topological polar surface area (TPSA) is 64.7 Å². The molecular weight excluding hydrogens is 374 g/mol. The van der Waals surface area contributed by atoms with E-state index in [2.05, 4.69) is 39.0 Å². The first-order valence-electron chi connectivity index (χ1n) is 10.3. The summed E-state index contributed by atoms with van der Waals surface area (Å²) < 4.78 is 4.10. The van der Waals surface area contributed by atoms with E-state index < -0.39 is 0 Å². The fourth-order valence-corrected chi connectivity index (χ4v) is 3.74. The molecule has 0 aliphatic carbocycles. The van der Waals surface area contributed by atoms with Crippen molar-refractivity contribution in [3.63, 3.8) is 0 Å². The molecule has 0 aliphatic heterocycles. The van der Waals surface area contributed by atoms with Crippen molar-refractivity contribution in [2.24, 2.45) is 7.05 Å². The zero-order valence-corrected chi connectivity index (χ0v) is 17.7. The molecule has 1 N–H and O–H groups in total. The van der Waals surface area contributed by atoms with Gasteiger partial charge in [0.05, 0.1) is 23.3 Å². The van der Waals surface area contributed by atoms with Crippen LogP contribution in [-0.4, -0.2) is 31.8 Å². The Labute approximate surface area is 176 Å². The molecule has 2 heterocycles. The molecule has 1 amide bonds. The standard InChI is InChI=1S/C24H27N5O/c1-17-15-18(2)29(27-17)16-19-10-12-20(13-11-19)24(30)25-14-6-9-23-26-21-7-4-5-8-22(21)28(23)3/h4-5,7-8,10-13,15H,6,9,14,16H2,1-3H3,(H,25,30). The molecule has 6 heteroatoms. The Balaban J connectivity index is 1.28. The minimum Gasteiger partial charge on any atom is -0.352 e. The third-order valence-corrected chi connectivity index (χ3v) is 5.39. The van der Waals surface area contributed by atoms with E-state index in [0.717, 1.165) is 46.7 Å². The van der Waals surface area contributed by atoms with E-state index in [4.69, 9.17) is 0 Å². The van der Waals surface area contributed by atoms with Crippen molar-refractivity contribution in [3.05, 3.63) is 82.9 Å². The van der Waals surface area contributed by atoms with Crippen LogP contribution in [0.25, 0.3) is 11.0 Å². The summed E-state index contributed by atoms with van der Waals surface area (Å²) >= 11 is 0. The minimum absolute atomic E-state index is 0.0438. The molecule has 0 saturated heterocycles. The van der Waals surface area contributed by atoms with Crippen molar-refractivity contribution in [2.75, 3.05) is 6.54 Å². The lowest BCUT2D eigenvalue weighted by molar-refractivity contribution is 0.0953. The molecule has 6 nitrogen and oxygen atoms in total. The van der Waals surface area contributed by atoms with Gasteiger partial charge in [-0.1, -0.05) is 24.3 Å². The Morgan fingerprint density at radius 1 is 1.07 bits per heavy atom. The predicted molar refractivity (Wildman–Crippen MR) is 119 cm³/mol. The first-order chi connectivity index (χ1) is 14.5. The van der Waals surface area contributed by atoms with Gasteiger partial charge in [-0.25, -0.2) is 4.98 Å². The van der Waals surface area contributed by atoms with Gasteiger partial charge in [-0.15, -0.1) is 0 Å². The highest BCUT2D eigenvalue weighted by Gasteiger charge is 2.09. The highest BCUT2D eigenvalue weighted by atomic mass is 16.1. The number of aryl methyl sites for hydroxylation is 4. The normalized spacial score (nSPS) is 11.2. The molecule has 0 saturated carbocycles. The van der Waals surface area contributed by atoms with Gasteiger partial charge in [0.25, 0.3) is 5.91 Å². The number of aromatic nitrogens is 4. The fourth-order valence-electron chi connectivity index (χ4n) is 3.74. The Morgan fingerprint density at radius 3 is 2.53 bits per heavy atom. The zero-order chi connectivity index (χ0) is 21.1. The summed E-state index contributed by atoms with van der Waals surface area (Å²) in [5, 5.41) is 7.50. The number of rotatable bonds is 7. The average molecular weight is 402 g/mol. The number of benzene rings is 2. The number of hydrogen-bond donors (Lipinski definition) is 1. The smallest absolute Gasteiger partial charge is 0.251 e. The van der Waals surface area contributed by atoms with Crippen molar-refractivity contribution in [1.29, 1.82) is 0 Å². The van der Waals surface area contributed by atoms with Gasteiger partial charge >= 0.3 is 0 Å². The van der Waals surface area contributed by atoms with Gasteiger partial charge < -0.3 is 9.88 Å². The highest BCUT2D eigenvalue weighted by molar-refractivity contribution is 5.94. The molecule has 0 spiro atoms. The Kier molecular flexibility index (Phi) is 5.65. The van der Waals surface area contributed by atoms with E-state index in [9.17, 15) is 4.79 Å². The summed E-state index contributed by atoms with van der Waals surface area (Å²) in [6.45, 7) is 5.37. The zero-order valence-electron chi connectivity index (χ0n) is 17.7. The lowest BCUT2D eigenvalue weighted by Gasteiger charge is -2.08. The number of amides is 1. The number of carbonyl (C=O) groups excluding carboxylic acids is 1. The highest BCUT2D eigenvalue weighted by Crippen LogP contribution is 2.15. The SMILES string of the molecule is Cc1cc(C)n(Cc2ccc(C(=O)NCCCc3nc4ccccc4n3C)cc2)n1. The summed E-state index contributed by atoms with van der Waals surface area (Å²) in [6, 6.07) is 17.9. The second-order valence-corrected chi connectivity index (χ2v) is 7.72. The van der Waals surface area contributed by atoms with E-state index in [1.165, 1.54) is 0 Å².